The number of esters is 1. The molecule has 0 aromatic heterocycles. The van der Waals surface area contributed by atoms with E-state index in [9.17, 15) is 18.4 Å². The molecule has 2 aromatic rings. The normalized spacial score (nSPS) is 12.0. The Bertz CT molecular complexity index is 851. The van der Waals surface area contributed by atoms with Gasteiger partial charge in [-0.15, -0.1) is 0 Å². The van der Waals surface area contributed by atoms with Crippen LogP contribution >= 0.6 is 23.2 Å². The van der Waals surface area contributed by atoms with Gasteiger partial charge in [0.2, 0.25) is 0 Å². The van der Waals surface area contributed by atoms with Gasteiger partial charge in [0.05, 0.1) is 15.7 Å². The summed E-state index contributed by atoms with van der Waals surface area (Å²) in [4.78, 5) is 23.8. The zero-order valence-electron chi connectivity index (χ0n) is 13.4. The van der Waals surface area contributed by atoms with Gasteiger partial charge in [0.25, 0.3) is 5.91 Å². The van der Waals surface area contributed by atoms with Gasteiger partial charge in [-0.2, -0.15) is 0 Å². The number of anilines is 1. The molecule has 0 spiro atoms. The maximum Gasteiger partial charge on any atom is 0.331 e. The zero-order chi connectivity index (χ0) is 19.3. The number of rotatable bonds is 5. The number of carbonyl (C=O) groups is 2. The molecule has 2 aromatic carbocycles. The molecule has 0 radical (unpaired) electrons. The minimum Gasteiger partial charge on any atom is -0.449 e. The zero-order valence-corrected chi connectivity index (χ0v) is 14.9. The van der Waals surface area contributed by atoms with E-state index in [-0.39, 0.29) is 21.3 Å². The van der Waals surface area contributed by atoms with E-state index in [1.807, 2.05) is 0 Å². The number of amides is 1. The van der Waals surface area contributed by atoms with Crippen LogP contribution in [0.4, 0.5) is 14.5 Å². The molecular formula is C18H13Cl2F2NO3. The van der Waals surface area contributed by atoms with E-state index >= 15 is 0 Å². The Morgan fingerprint density at radius 3 is 2.54 bits per heavy atom. The van der Waals surface area contributed by atoms with Crippen molar-refractivity contribution >= 4 is 46.8 Å². The third-order valence-electron chi connectivity index (χ3n) is 3.24. The summed E-state index contributed by atoms with van der Waals surface area (Å²) in [6, 6.07) is 7.54. The van der Waals surface area contributed by atoms with Crippen LogP contribution in [0.1, 0.15) is 12.5 Å². The second kappa shape index (κ2) is 8.78. The van der Waals surface area contributed by atoms with E-state index in [0.29, 0.717) is 0 Å². The third-order valence-corrected chi connectivity index (χ3v) is 3.88. The molecule has 0 saturated carbocycles. The predicted molar refractivity (Wildman–Crippen MR) is 96.0 cm³/mol. The average molecular weight is 400 g/mol. The van der Waals surface area contributed by atoms with Gasteiger partial charge in [-0.1, -0.05) is 29.3 Å². The van der Waals surface area contributed by atoms with Crippen molar-refractivity contribution < 1.29 is 23.1 Å². The van der Waals surface area contributed by atoms with E-state index < -0.39 is 29.6 Å². The second-order valence-electron chi connectivity index (χ2n) is 5.16. The lowest BCUT2D eigenvalue weighted by Crippen LogP contribution is -2.29. The van der Waals surface area contributed by atoms with Crippen LogP contribution in [0.5, 0.6) is 0 Å². The summed E-state index contributed by atoms with van der Waals surface area (Å²) < 4.78 is 31.5. The second-order valence-corrected chi connectivity index (χ2v) is 5.98. The van der Waals surface area contributed by atoms with E-state index in [4.69, 9.17) is 27.9 Å². The number of hydrogen-bond acceptors (Lipinski definition) is 3. The third kappa shape index (κ3) is 5.28. The number of benzene rings is 2. The first-order valence-corrected chi connectivity index (χ1v) is 8.12. The molecule has 0 saturated heterocycles. The first-order valence-electron chi connectivity index (χ1n) is 7.36. The van der Waals surface area contributed by atoms with E-state index in [1.165, 1.54) is 31.2 Å². The van der Waals surface area contributed by atoms with Crippen LogP contribution in [-0.2, 0) is 14.3 Å². The molecule has 0 bridgehead atoms. The maximum absolute atomic E-state index is 13.6. The van der Waals surface area contributed by atoms with Crippen molar-refractivity contribution in [2.75, 3.05) is 5.32 Å². The van der Waals surface area contributed by atoms with Crippen LogP contribution in [0, 0.1) is 11.6 Å². The summed E-state index contributed by atoms with van der Waals surface area (Å²) in [5.41, 5.74) is 0.205. The molecule has 4 nitrogen and oxygen atoms in total. The lowest BCUT2D eigenvalue weighted by molar-refractivity contribution is -0.148. The summed E-state index contributed by atoms with van der Waals surface area (Å²) in [5.74, 6) is -2.68. The van der Waals surface area contributed by atoms with Gasteiger partial charge >= 0.3 is 5.97 Å². The van der Waals surface area contributed by atoms with Crippen molar-refractivity contribution in [3.05, 3.63) is 69.7 Å². The fourth-order valence-corrected chi connectivity index (χ4v) is 2.35. The Labute approximate surface area is 158 Å². The largest absolute Gasteiger partial charge is 0.449 e. The van der Waals surface area contributed by atoms with Crippen LogP contribution in [0.3, 0.4) is 0 Å². The molecule has 0 aliphatic rings. The molecule has 0 fully saturated rings. The highest BCUT2D eigenvalue weighted by atomic mass is 35.5. The molecule has 0 aliphatic heterocycles. The smallest absolute Gasteiger partial charge is 0.331 e. The van der Waals surface area contributed by atoms with Crippen molar-refractivity contribution in [2.45, 2.75) is 13.0 Å². The number of halogens is 4. The summed E-state index contributed by atoms with van der Waals surface area (Å²) in [6.07, 6.45) is 0.949. The van der Waals surface area contributed by atoms with Gasteiger partial charge in [0.1, 0.15) is 11.6 Å². The van der Waals surface area contributed by atoms with Crippen LogP contribution in [0.25, 0.3) is 6.08 Å². The van der Waals surface area contributed by atoms with Crippen molar-refractivity contribution in [2.24, 2.45) is 0 Å². The predicted octanol–water partition coefficient (Wildman–Crippen LogP) is 4.86. The first kappa shape index (κ1) is 19.9. The fraction of sp³-hybridized carbons (Fsp3) is 0.111. The molecular weight excluding hydrogens is 387 g/mol. The SMILES string of the molecule is C[C@H](OC(=O)/C=C/c1c(F)cccc1Cl)C(=O)Nc1ccc(F)cc1Cl. The Morgan fingerprint density at radius 1 is 1.15 bits per heavy atom. The molecule has 8 heteroatoms. The van der Waals surface area contributed by atoms with Crippen molar-refractivity contribution in [1.82, 2.24) is 0 Å². The Hall–Kier alpha value is -2.44. The molecule has 26 heavy (non-hydrogen) atoms. The van der Waals surface area contributed by atoms with Gasteiger partial charge in [-0.3, -0.25) is 4.79 Å². The average Bonchev–Trinajstić information content (AvgIpc) is 2.56. The summed E-state index contributed by atoms with van der Waals surface area (Å²) >= 11 is 11.6. The Kier molecular flexibility index (Phi) is 6.71. The molecule has 0 aliphatic carbocycles. The van der Waals surface area contributed by atoms with E-state index in [2.05, 4.69) is 5.32 Å². The van der Waals surface area contributed by atoms with Crippen LogP contribution < -0.4 is 5.32 Å². The van der Waals surface area contributed by atoms with Crippen molar-refractivity contribution in [3.8, 4) is 0 Å². The number of hydrogen-bond donors (Lipinski definition) is 1. The first-order chi connectivity index (χ1) is 12.3. The minimum absolute atomic E-state index is 0.00553. The minimum atomic E-state index is -1.16. The van der Waals surface area contributed by atoms with Crippen LogP contribution in [0.15, 0.2) is 42.5 Å². The van der Waals surface area contributed by atoms with Crippen molar-refractivity contribution in [1.29, 1.82) is 0 Å². The van der Waals surface area contributed by atoms with Crippen LogP contribution in [-0.4, -0.2) is 18.0 Å². The lowest BCUT2D eigenvalue weighted by atomic mass is 10.2. The van der Waals surface area contributed by atoms with Gasteiger partial charge in [0, 0.05) is 11.6 Å². The monoisotopic (exact) mass is 399 g/mol. The standard InChI is InChI=1S/C18H13Cl2F2NO3/c1-10(18(25)23-16-7-5-11(21)9-14(16)20)26-17(24)8-6-12-13(19)3-2-4-15(12)22/h2-10H,1H3,(H,23,25)/b8-6+/t10-/m0/s1. The number of ether oxygens (including phenoxy) is 1. The highest BCUT2D eigenvalue weighted by Gasteiger charge is 2.18. The summed E-state index contributed by atoms with van der Waals surface area (Å²) in [7, 11) is 0. The summed E-state index contributed by atoms with van der Waals surface area (Å²) in [6.45, 7) is 1.34. The fourth-order valence-electron chi connectivity index (χ4n) is 1.91. The van der Waals surface area contributed by atoms with Gasteiger partial charge in [-0.25, -0.2) is 13.6 Å². The van der Waals surface area contributed by atoms with Crippen LogP contribution in [0.2, 0.25) is 10.0 Å². The lowest BCUT2D eigenvalue weighted by Gasteiger charge is -2.13. The molecule has 1 atom stereocenters. The quantitative estimate of drug-likeness (QED) is 0.577. The molecule has 0 unspecified atom stereocenters. The molecule has 2 rings (SSSR count). The highest BCUT2D eigenvalue weighted by Crippen LogP contribution is 2.23. The Morgan fingerprint density at radius 2 is 1.88 bits per heavy atom. The number of nitrogens with one attached hydrogen (secondary N) is 1. The van der Waals surface area contributed by atoms with E-state index in [0.717, 1.165) is 24.3 Å². The van der Waals surface area contributed by atoms with Gasteiger partial charge in [0.15, 0.2) is 6.10 Å². The highest BCUT2D eigenvalue weighted by molar-refractivity contribution is 6.33. The topological polar surface area (TPSA) is 55.4 Å². The van der Waals surface area contributed by atoms with Gasteiger partial charge < -0.3 is 10.1 Å². The number of carbonyl (C=O) groups excluding carboxylic acids is 2. The molecule has 1 N–H and O–H groups in total. The Balaban J connectivity index is 1.97. The van der Waals surface area contributed by atoms with Crippen molar-refractivity contribution in [3.63, 3.8) is 0 Å². The molecule has 136 valence electrons. The van der Waals surface area contributed by atoms with Gasteiger partial charge in [-0.05, 0) is 43.3 Å². The maximum atomic E-state index is 13.6. The van der Waals surface area contributed by atoms with E-state index in [1.54, 1.807) is 0 Å². The molecule has 0 heterocycles. The molecule has 1 amide bonds. The summed E-state index contributed by atoms with van der Waals surface area (Å²) in [5, 5.41) is 2.55.